The number of aromatic nitrogens is 1. The van der Waals surface area contributed by atoms with Gasteiger partial charge in [0.05, 0.1) is 12.2 Å². The third-order valence-corrected chi connectivity index (χ3v) is 5.93. The molecule has 1 aliphatic rings. The zero-order valence-electron chi connectivity index (χ0n) is 16.9. The Hall–Kier alpha value is -0.410. The molecule has 1 fully saturated rings. The van der Waals surface area contributed by atoms with E-state index in [4.69, 9.17) is 9.72 Å². The van der Waals surface area contributed by atoms with Crippen LogP contribution in [-0.2, 0) is 16.7 Å². The number of aliphatic imine (C=N–C) groups is 1. The Morgan fingerprint density at radius 1 is 1.31 bits per heavy atom. The molecule has 1 saturated carbocycles. The highest BCUT2D eigenvalue weighted by molar-refractivity contribution is 14.0. The summed E-state index contributed by atoms with van der Waals surface area (Å²) < 4.78 is 5.32. The van der Waals surface area contributed by atoms with Crippen molar-refractivity contribution in [2.75, 3.05) is 27.3 Å². The highest BCUT2D eigenvalue weighted by atomic mass is 127. The van der Waals surface area contributed by atoms with Crippen LogP contribution in [0.3, 0.4) is 0 Å². The minimum atomic E-state index is 0. The van der Waals surface area contributed by atoms with Crippen molar-refractivity contribution in [1.29, 1.82) is 0 Å². The van der Waals surface area contributed by atoms with Crippen molar-refractivity contribution in [3.8, 4) is 0 Å². The molecule has 0 spiro atoms. The van der Waals surface area contributed by atoms with Gasteiger partial charge in [0.25, 0.3) is 0 Å². The Bertz CT molecular complexity index is 562. The minimum absolute atomic E-state index is 0. The molecular weight excluding hydrogens is 459 g/mol. The van der Waals surface area contributed by atoms with E-state index in [1.54, 1.807) is 18.4 Å². The fraction of sp³-hybridized carbons (Fsp3) is 0.789. The zero-order chi connectivity index (χ0) is 18.3. The number of rotatable bonds is 7. The first-order chi connectivity index (χ1) is 11.9. The maximum atomic E-state index is 5.32. The molecular formula is C19H35IN4OS. The number of guanidine groups is 1. The average Bonchev–Trinajstić information content (AvgIpc) is 3.23. The van der Waals surface area contributed by atoms with Crippen LogP contribution in [0.5, 0.6) is 0 Å². The standard InChI is InChI=1S/C19H34N4OS.HI/c1-18(2,3)15-13-25-16(23-15)12-21-17(20-4)22-14-19(10-11-24-5)8-6-7-9-19;/h13H,6-12,14H2,1-5H3,(H2,20,21,22);1H. The first kappa shape index (κ1) is 23.6. The van der Waals surface area contributed by atoms with Crippen molar-refractivity contribution in [3.63, 3.8) is 0 Å². The summed E-state index contributed by atoms with van der Waals surface area (Å²) in [6.45, 7) is 9.09. The molecule has 0 bridgehead atoms. The van der Waals surface area contributed by atoms with Gasteiger partial charge in [-0.1, -0.05) is 33.6 Å². The topological polar surface area (TPSA) is 58.5 Å². The van der Waals surface area contributed by atoms with Gasteiger partial charge < -0.3 is 15.4 Å². The molecule has 1 aromatic rings. The zero-order valence-corrected chi connectivity index (χ0v) is 20.0. The minimum Gasteiger partial charge on any atom is -0.385 e. The molecule has 1 aliphatic carbocycles. The van der Waals surface area contributed by atoms with Crippen LogP contribution in [0.15, 0.2) is 10.4 Å². The van der Waals surface area contributed by atoms with Crippen molar-refractivity contribution in [2.45, 2.75) is 64.8 Å². The van der Waals surface area contributed by atoms with Crippen LogP contribution in [0.25, 0.3) is 0 Å². The molecule has 0 unspecified atom stereocenters. The molecule has 1 aromatic heterocycles. The van der Waals surface area contributed by atoms with Gasteiger partial charge in [0.1, 0.15) is 5.01 Å². The number of hydrogen-bond acceptors (Lipinski definition) is 4. The quantitative estimate of drug-likeness (QED) is 0.337. The van der Waals surface area contributed by atoms with Crippen LogP contribution in [0.4, 0.5) is 0 Å². The Kier molecular flexibility index (Phi) is 9.82. The Morgan fingerprint density at radius 3 is 2.54 bits per heavy atom. The molecule has 0 amide bonds. The Balaban J connectivity index is 0.00000338. The smallest absolute Gasteiger partial charge is 0.191 e. The Morgan fingerprint density at radius 2 is 2.00 bits per heavy atom. The average molecular weight is 494 g/mol. The van der Waals surface area contributed by atoms with E-state index in [1.165, 1.54) is 25.7 Å². The highest BCUT2D eigenvalue weighted by Crippen LogP contribution is 2.40. The van der Waals surface area contributed by atoms with E-state index in [0.717, 1.165) is 36.2 Å². The molecule has 150 valence electrons. The van der Waals surface area contributed by atoms with Gasteiger partial charge in [-0.05, 0) is 24.7 Å². The van der Waals surface area contributed by atoms with E-state index in [9.17, 15) is 0 Å². The lowest BCUT2D eigenvalue weighted by atomic mass is 9.83. The summed E-state index contributed by atoms with van der Waals surface area (Å²) in [7, 11) is 3.62. The van der Waals surface area contributed by atoms with Gasteiger partial charge in [-0.3, -0.25) is 4.99 Å². The number of halogens is 1. The van der Waals surface area contributed by atoms with E-state index < -0.39 is 0 Å². The van der Waals surface area contributed by atoms with Gasteiger partial charge in [0, 0.05) is 38.1 Å². The normalized spacial score (nSPS) is 17.0. The number of methoxy groups -OCH3 is 1. The molecule has 0 radical (unpaired) electrons. The van der Waals surface area contributed by atoms with Crippen LogP contribution in [0.2, 0.25) is 0 Å². The highest BCUT2D eigenvalue weighted by Gasteiger charge is 2.33. The van der Waals surface area contributed by atoms with Crippen LogP contribution in [0, 0.1) is 5.41 Å². The fourth-order valence-electron chi connectivity index (χ4n) is 3.35. The first-order valence-corrected chi connectivity index (χ1v) is 10.1. The summed E-state index contributed by atoms with van der Waals surface area (Å²) in [4.78, 5) is 9.11. The third-order valence-electron chi connectivity index (χ3n) is 5.08. The molecule has 1 heterocycles. The van der Waals surface area contributed by atoms with E-state index in [-0.39, 0.29) is 29.4 Å². The van der Waals surface area contributed by atoms with E-state index in [0.29, 0.717) is 12.0 Å². The molecule has 26 heavy (non-hydrogen) atoms. The number of ether oxygens (including phenoxy) is 1. The summed E-state index contributed by atoms with van der Waals surface area (Å²) >= 11 is 1.71. The van der Waals surface area contributed by atoms with Crippen LogP contribution >= 0.6 is 35.3 Å². The van der Waals surface area contributed by atoms with E-state index >= 15 is 0 Å². The summed E-state index contributed by atoms with van der Waals surface area (Å²) in [5.74, 6) is 0.858. The van der Waals surface area contributed by atoms with Crippen LogP contribution in [-0.4, -0.2) is 38.3 Å². The molecule has 0 aromatic carbocycles. The fourth-order valence-corrected chi connectivity index (χ4v) is 4.31. The summed E-state index contributed by atoms with van der Waals surface area (Å²) in [5, 5.41) is 10.2. The maximum Gasteiger partial charge on any atom is 0.191 e. The molecule has 0 aliphatic heterocycles. The summed E-state index contributed by atoms with van der Waals surface area (Å²) in [6.07, 6.45) is 6.33. The van der Waals surface area contributed by atoms with Gasteiger partial charge in [-0.15, -0.1) is 35.3 Å². The lowest BCUT2D eigenvalue weighted by Gasteiger charge is -2.29. The second kappa shape index (κ2) is 10.8. The maximum absolute atomic E-state index is 5.32. The first-order valence-electron chi connectivity index (χ1n) is 9.27. The van der Waals surface area contributed by atoms with Crippen molar-refractivity contribution in [3.05, 3.63) is 16.1 Å². The Labute approximate surface area is 179 Å². The van der Waals surface area contributed by atoms with Crippen molar-refractivity contribution in [1.82, 2.24) is 15.6 Å². The number of nitrogens with one attached hydrogen (secondary N) is 2. The van der Waals surface area contributed by atoms with Gasteiger partial charge in [0.2, 0.25) is 0 Å². The van der Waals surface area contributed by atoms with E-state index in [2.05, 4.69) is 41.8 Å². The lowest BCUT2D eigenvalue weighted by Crippen LogP contribution is -2.43. The number of hydrogen-bond donors (Lipinski definition) is 2. The van der Waals surface area contributed by atoms with E-state index in [1.807, 2.05) is 7.05 Å². The van der Waals surface area contributed by atoms with Gasteiger partial charge in [-0.2, -0.15) is 0 Å². The monoisotopic (exact) mass is 494 g/mol. The summed E-state index contributed by atoms with van der Waals surface area (Å²) in [6, 6.07) is 0. The van der Waals surface area contributed by atoms with Crippen LogP contribution in [0.1, 0.15) is 63.6 Å². The molecule has 5 nitrogen and oxygen atoms in total. The van der Waals surface area contributed by atoms with Gasteiger partial charge in [-0.25, -0.2) is 4.98 Å². The molecule has 7 heteroatoms. The number of nitrogens with zero attached hydrogens (tertiary/aromatic N) is 2. The van der Waals surface area contributed by atoms with Crippen molar-refractivity contribution >= 4 is 41.3 Å². The summed E-state index contributed by atoms with van der Waals surface area (Å²) in [5.41, 5.74) is 1.61. The molecule has 0 saturated heterocycles. The van der Waals surface area contributed by atoms with Gasteiger partial charge >= 0.3 is 0 Å². The molecule has 0 atom stereocenters. The van der Waals surface area contributed by atoms with Gasteiger partial charge in [0.15, 0.2) is 5.96 Å². The second-order valence-corrected chi connectivity index (χ2v) is 9.05. The predicted octanol–water partition coefficient (Wildman–Crippen LogP) is 4.32. The van der Waals surface area contributed by atoms with Crippen molar-refractivity contribution in [2.24, 2.45) is 10.4 Å². The third kappa shape index (κ3) is 6.96. The molecule has 2 N–H and O–H groups in total. The predicted molar refractivity (Wildman–Crippen MR) is 122 cm³/mol. The van der Waals surface area contributed by atoms with Crippen molar-refractivity contribution < 1.29 is 4.74 Å². The molecule has 2 rings (SSSR count). The lowest BCUT2D eigenvalue weighted by molar-refractivity contribution is 0.138. The SMILES string of the molecule is CN=C(NCc1nc(C(C)(C)C)cs1)NCC1(CCOC)CCCC1.I. The van der Waals surface area contributed by atoms with Crippen LogP contribution < -0.4 is 10.6 Å². The number of thiazole rings is 1. The second-order valence-electron chi connectivity index (χ2n) is 8.11. The largest absolute Gasteiger partial charge is 0.385 e.